The first-order valence-electron chi connectivity index (χ1n) is 9.30. The van der Waals surface area contributed by atoms with E-state index in [1.807, 2.05) is 60.7 Å². The van der Waals surface area contributed by atoms with E-state index >= 15 is 0 Å². The summed E-state index contributed by atoms with van der Waals surface area (Å²) in [6, 6.07) is 28.8. The second kappa shape index (κ2) is 4.87. The normalized spacial score (nSPS) is 12.3. The van der Waals surface area contributed by atoms with Gasteiger partial charge in [-0.2, -0.15) is 0 Å². The van der Waals surface area contributed by atoms with Gasteiger partial charge in [0.2, 0.25) is 0 Å². The van der Waals surface area contributed by atoms with Crippen molar-refractivity contribution >= 4 is 44.4 Å². The summed E-state index contributed by atoms with van der Waals surface area (Å²) in [4.78, 5) is 0. The van der Waals surface area contributed by atoms with Crippen LogP contribution in [0.2, 0.25) is 0 Å². The van der Waals surface area contributed by atoms with Gasteiger partial charge in [0.15, 0.2) is 22.3 Å². The molecule has 0 atom stereocenters. The van der Waals surface area contributed by atoms with E-state index in [0.717, 1.165) is 55.8 Å². The van der Waals surface area contributed by atoms with Gasteiger partial charge in [-0.3, -0.25) is 9.13 Å². The lowest BCUT2D eigenvalue weighted by atomic mass is 10.1. The van der Waals surface area contributed by atoms with E-state index in [2.05, 4.69) is 33.4 Å². The second-order valence-corrected chi connectivity index (χ2v) is 7.06. The third-order valence-electron chi connectivity index (χ3n) is 5.54. The molecule has 28 heavy (non-hydrogen) atoms. The van der Waals surface area contributed by atoms with Crippen molar-refractivity contribution in [3.05, 3.63) is 84.9 Å². The average molecular weight is 362 g/mol. The van der Waals surface area contributed by atoms with Gasteiger partial charge < -0.3 is 8.83 Å². The minimum atomic E-state index is 0.857. The van der Waals surface area contributed by atoms with Crippen molar-refractivity contribution in [2.45, 2.75) is 0 Å². The van der Waals surface area contributed by atoms with Gasteiger partial charge in [-0.05, 0) is 48.5 Å². The molecule has 4 heteroatoms. The molecule has 3 aliphatic rings. The van der Waals surface area contributed by atoms with Crippen LogP contribution in [0.15, 0.2) is 93.8 Å². The van der Waals surface area contributed by atoms with Crippen LogP contribution in [0.1, 0.15) is 0 Å². The van der Waals surface area contributed by atoms with Crippen LogP contribution < -0.4 is 0 Å². The first kappa shape index (κ1) is 14.2. The van der Waals surface area contributed by atoms with E-state index in [-0.39, 0.29) is 0 Å². The Bertz CT molecular complexity index is 1500. The van der Waals surface area contributed by atoms with Gasteiger partial charge in [-0.15, -0.1) is 0 Å². The van der Waals surface area contributed by atoms with Gasteiger partial charge in [0.25, 0.3) is 0 Å². The van der Waals surface area contributed by atoms with Crippen molar-refractivity contribution in [1.82, 2.24) is 9.13 Å². The Morgan fingerprint density at radius 3 is 1.29 bits per heavy atom. The number of aromatic nitrogens is 2. The van der Waals surface area contributed by atoms with E-state index in [0.29, 0.717) is 0 Å². The highest BCUT2D eigenvalue weighted by atomic mass is 16.3. The third kappa shape index (κ3) is 1.61. The zero-order valence-electron chi connectivity index (χ0n) is 14.8. The Labute approximate surface area is 159 Å². The fourth-order valence-corrected chi connectivity index (χ4v) is 4.43. The SMILES string of the molecule is c1ccc2c(c1)oc1cccc3c1-n2c1cccc2oc4ccccc4n3-c21. The fourth-order valence-electron chi connectivity index (χ4n) is 4.43. The molecule has 132 valence electrons. The van der Waals surface area contributed by atoms with Crippen molar-refractivity contribution in [3.8, 4) is 11.4 Å². The molecule has 4 aromatic carbocycles. The topological polar surface area (TPSA) is 36.1 Å². The van der Waals surface area contributed by atoms with Gasteiger partial charge in [0.1, 0.15) is 11.4 Å². The maximum Gasteiger partial charge on any atom is 0.153 e. The van der Waals surface area contributed by atoms with Gasteiger partial charge >= 0.3 is 0 Å². The molecule has 7 rings (SSSR count). The Hall–Kier alpha value is -3.92. The molecule has 0 aliphatic carbocycles. The molecule has 0 saturated carbocycles. The van der Waals surface area contributed by atoms with Crippen LogP contribution in [0.3, 0.4) is 0 Å². The van der Waals surface area contributed by atoms with Gasteiger partial charge in [0.05, 0.1) is 22.1 Å². The molecule has 4 aromatic rings. The van der Waals surface area contributed by atoms with E-state index in [1.54, 1.807) is 0 Å². The molecule has 0 amide bonds. The fraction of sp³-hybridized carbons (Fsp3) is 0. The zero-order chi connectivity index (χ0) is 18.2. The zero-order valence-corrected chi connectivity index (χ0v) is 14.8. The number of benzene rings is 4. The Balaban J connectivity index is 1.92. The highest BCUT2D eigenvalue weighted by Gasteiger charge is 2.25. The van der Waals surface area contributed by atoms with Crippen molar-refractivity contribution in [2.75, 3.05) is 0 Å². The molecule has 3 aliphatic heterocycles. The summed E-state index contributed by atoms with van der Waals surface area (Å²) >= 11 is 0. The smallest absolute Gasteiger partial charge is 0.153 e. The largest absolute Gasteiger partial charge is 0.453 e. The van der Waals surface area contributed by atoms with Gasteiger partial charge in [-0.25, -0.2) is 0 Å². The number of hydrogen-bond donors (Lipinski definition) is 0. The summed E-state index contributed by atoms with van der Waals surface area (Å²) in [7, 11) is 0. The van der Waals surface area contributed by atoms with Crippen LogP contribution in [-0.4, -0.2) is 9.13 Å². The molecule has 0 fully saturated rings. The molecule has 3 heterocycles. The highest BCUT2D eigenvalue weighted by molar-refractivity contribution is 6.00. The summed E-state index contributed by atoms with van der Waals surface area (Å²) < 4.78 is 17.1. The lowest BCUT2D eigenvalue weighted by Crippen LogP contribution is -2.13. The monoisotopic (exact) mass is 362 g/mol. The first-order chi connectivity index (χ1) is 13.9. The number of fused-ring (bicyclic) bond motifs is 6. The van der Waals surface area contributed by atoms with Crippen LogP contribution >= 0.6 is 0 Å². The number of para-hydroxylation sites is 6. The minimum Gasteiger partial charge on any atom is -0.453 e. The van der Waals surface area contributed by atoms with Crippen LogP contribution in [-0.2, 0) is 0 Å². The van der Waals surface area contributed by atoms with E-state index < -0.39 is 0 Å². The molecule has 4 nitrogen and oxygen atoms in total. The molecule has 0 aromatic heterocycles. The van der Waals surface area contributed by atoms with Crippen LogP contribution in [0.5, 0.6) is 0 Å². The Morgan fingerprint density at radius 1 is 0.393 bits per heavy atom. The van der Waals surface area contributed by atoms with E-state index in [1.165, 1.54) is 0 Å². The standard InChI is InChI=1S/C24H14N2O2/c1-3-11-19-15(7-1)25-17-9-5-14-22-24(17)26(16-8-2-4-12-20(16)28-22)18-10-6-13-21(27-19)23(18)25/h1-14H. The number of hydrogen-bond acceptors (Lipinski definition) is 2. The summed E-state index contributed by atoms with van der Waals surface area (Å²) in [6.45, 7) is 0. The molecule has 0 radical (unpaired) electrons. The molecule has 0 unspecified atom stereocenters. The predicted octanol–water partition coefficient (Wildman–Crippen LogP) is 6.50. The molecule has 0 bridgehead atoms. The second-order valence-electron chi connectivity index (χ2n) is 7.06. The predicted molar refractivity (Wildman–Crippen MR) is 111 cm³/mol. The molecule has 0 spiro atoms. The third-order valence-corrected chi connectivity index (χ3v) is 5.54. The maximum atomic E-state index is 6.27. The van der Waals surface area contributed by atoms with Crippen LogP contribution in [0, 0.1) is 0 Å². The summed E-state index contributed by atoms with van der Waals surface area (Å²) in [5.41, 5.74) is 9.79. The van der Waals surface area contributed by atoms with Gasteiger partial charge in [-0.1, -0.05) is 36.4 Å². The minimum absolute atomic E-state index is 0.857. The van der Waals surface area contributed by atoms with Crippen molar-refractivity contribution in [3.63, 3.8) is 0 Å². The van der Waals surface area contributed by atoms with Crippen molar-refractivity contribution < 1.29 is 8.83 Å². The van der Waals surface area contributed by atoms with Crippen molar-refractivity contribution in [1.29, 1.82) is 0 Å². The summed E-state index contributed by atoms with van der Waals surface area (Å²) in [5, 5.41) is 0. The lowest BCUT2D eigenvalue weighted by Gasteiger charge is -2.27. The number of nitrogens with zero attached hydrogens (tertiary/aromatic N) is 2. The van der Waals surface area contributed by atoms with Crippen molar-refractivity contribution in [2.24, 2.45) is 0 Å². The molecule has 0 saturated heterocycles. The van der Waals surface area contributed by atoms with Crippen LogP contribution in [0.4, 0.5) is 0 Å². The van der Waals surface area contributed by atoms with E-state index in [4.69, 9.17) is 8.83 Å². The summed E-state index contributed by atoms with van der Waals surface area (Å²) in [6.07, 6.45) is 0. The molecule has 0 N–H and O–H groups in total. The molecular formula is C24H14N2O2. The van der Waals surface area contributed by atoms with Crippen LogP contribution in [0.25, 0.3) is 55.8 Å². The highest BCUT2D eigenvalue weighted by Crippen LogP contribution is 2.41. The number of rotatable bonds is 0. The van der Waals surface area contributed by atoms with E-state index in [9.17, 15) is 0 Å². The molecular weight excluding hydrogens is 348 g/mol. The summed E-state index contributed by atoms with van der Waals surface area (Å²) in [5.74, 6) is 0. The van der Waals surface area contributed by atoms with Gasteiger partial charge in [0, 0.05) is 0 Å². The Morgan fingerprint density at radius 2 is 0.786 bits per heavy atom. The lowest BCUT2D eigenvalue weighted by molar-refractivity contribution is 0.640. The maximum absolute atomic E-state index is 6.27. The Kier molecular flexibility index (Phi) is 2.46. The first-order valence-corrected chi connectivity index (χ1v) is 9.30. The average Bonchev–Trinajstić information content (AvgIpc) is 2.75. The quantitative estimate of drug-likeness (QED) is 0.228.